The second-order valence-corrected chi connectivity index (χ2v) is 7.82. The van der Waals surface area contributed by atoms with E-state index in [2.05, 4.69) is 24.7 Å². The Kier molecular flexibility index (Phi) is 6.58. The molecule has 0 unspecified atom stereocenters. The second-order valence-electron chi connectivity index (χ2n) is 7.82. The maximum atomic E-state index is 13.4. The van der Waals surface area contributed by atoms with Crippen molar-refractivity contribution >= 4 is 5.52 Å². The molecule has 162 valence electrons. The van der Waals surface area contributed by atoms with Gasteiger partial charge in [-0.15, -0.1) is 5.10 Å². The number of ether oxygens (including phenoxy) is 1. The van der Waals surface area contributed by atoms with Crippen molar-refractivity contribution in [1.29, 1.82) is 0 Å². The van der Waals surface area contributed by atoms with Gasteiger partial charge in [-0.25, -0.2) is 4.52 Å². The number of aromatic nitrogens is 3. The topological polar surface area (TPSA) is 48.5 Å². The van der Waals surface area contributed by atoms with Crippen molar-refractivity contribution in [1.82, 2.24) is 14.2 Å². The van der Waals surface area contributed by atoms with Crippen LogP contribution in [0.15, 0.2) is 29.1 Å². The van der Waals surface area contributed by atoms with Gasteiger partial charge in [-0.2, -0.15) is 8.78 Å². The van der Waals surface area contributed by atoms with Crippen LogP contribution in [0.2, 0.25) is 0 Å². The highest BCUT2D eigenvalue weighted by atomic mass is 19.3. The van der Waals surface area contributed by atoms with E-state index in [0.717, 1.165) is 36.9 Å². The van der Waals surface area contributed by atoms with Crippen molar-refractivity contribution in [2.24, 2.45) is 7.05 Å². The lowest BCUT2D eigenvalue weighted by Gasteiger charge is -2.16. The molecule has 3 rings (SSSR count). The van der Waals surface area contributed by atoms with Gasteiger partial charge in [-0.05, 0) is 68.0 Å². The Balaban J connectivity index is 2.17. The summed E-state index contributed by atoms with van der Waals surface area (Å²) in [5.41, 5.74) is 3.90. The molecule has 0 bridgehead atoms. The Morgan fingerprint density at radius 1 is 1.10 bits per heavy atom. The standard InChI is InChI=1S/C23H29F2N3O2/c1-6-8-16(9-7-2)19-13-15(4)28-20(19)22(29)27(5)21(26-28)18-11-10-17(12-14(18)3)30-23(24)25/h10-13,16,23H,6-9H2,1-5H3. The normalized spacial score (nSPS) is 11.8. The molecule has 0 aliphatic carbocycles. The van der Waals surface area contributed by atoms with Gasteiger partial charge in [0.15, 0.2) is 5.82 Å². The molecule has 0 atom stereocenters. The van der Waals surface area contributed by atoms with E-state index in [4.69, 9.17) is 5.10 Å². The maximum Gasteiger partial charge on any atom is 0.387 e. The van der Waals surface area contributed by atoms with Gasteiger partial charge in [0, 0.05) is 18.3 Å². The van der Waals surface area contributed by atoms with E-state index < -0.39 is 6.61 Å². The van der Waals surface area contributed by atoms with Crippen LogP contribution in [-0.4, -0.2) is 20.8 Å². The average molecular weight is 418 g/mol. The fourth-order valence-corrected chi connectivity index (χ4v) is 4.17. The lowest BCUT2D eigenvalue weighted by Crippen LogP contribution is -2.24. The van der Waals surface area contributed by atoms with E-state index in [1.807, 2.05) is 6.92 Å². The van der Waals surface area contributed by atoms with Gasteiger partial charge < -0.3 is 4.74 Å². The number of benzene rings is 1. The monoisotopic (exact) mass is 417 g/mol. The fourth-order valence-electron chi connectivity index (χ4n) is 4.17. The van der Waals surface area contributed by atoms with Gasteiger partial charge in [0.25, 0.3) is 5.56 Å². The molecule has 2 aromatic heterocycles. The van der Waals surface area contributed by atoms with Crippen LogP contribution < -0.4 is 10.3 Å². The molecule has 0 fully saturated rings. The molecule has 2 heterocycles. The van der Waals surface area contributed by atoms with Crippen LogP contribution in [0.5, 0.6) is 5.75 Å². The van der Waals surface area contributed by atoms with Crippen LogP contribution in [0.3, 0.4) is 0 Å². The third-order valence-electron chi connectivity index (χ3n) is 5.58. The number of aryl methyl sites for hydroxylation is 2. The number of halogens is 2. The predicted octanol–water partition coefficient (Wildman–Crippen LogP) is 5.60. The molecule has 0 saturated heterocycles. The average Bonchev–Trinajstić information content (AvgIpc) is 3.01. The third kappa shape index (κ3) is 4.11. The Hall–Kier alpha value is -2.70. The number of nitrogens with zero attached hydrogens (tertiary/aromatic N) is 3. The lowest BCUT2D eigenvalue weighted by molar-refractivity contribution is -0.0498. The molecule has 3 aromatic rings. The summed E-state index contributed by atoms with van der Waals surface area (Å²) in [6, 6.07) is 6.74. The highest BCUT2D eigenvalue weighted by molar-refractivity contribution is 5.64. The Morgan fingerprint density at radius 2 is 1.77 bits per heavy atom. The predicted molar refractivity (Wildman–Crippen MR) is 115 cm³/mol. The molecular weight excluding hydrogens is 388 g/mol. The number of fused-ring (bicyclic) bond motifs is 1. The van der Waals surface area contributed by atoms with E-state index in [-0.39, 0.29) is 11.3 Å². The number of rotatable bonds is 8. The summed E-state index contributed by atoms with van der Waals surface area (Å²) in [6.07, 6.45) is 4.17. The minimum Gasteiger partial charge on any atom is -0.435 e. The van der Waals surface area contributed by atoms with Gasteiger partial charge in [0.05, 0.1) is 0 Å². The van der Waals surface area contributed by atoms with Gasteiger partial charge in [-0.3, -0.25) is 9.36 Å². The SMILES string of the molecule is CCCC(CCC)c1cc(C)n2nc(-c3ccc(OC(F)F)cc3C)n(C)c(=O)c12. The van der Waals surface area contributed by atoms with Gasteiger partial charge >= 0.3 is 6.61 Å². The van der Waals surface area contributed by atoms with Crippen molar-refractivity contribution in [3.05, 3.63) is 51.4 Å². The summed E-state index contributed by atoms with van der Waals surface area (Å²) in [6.45, 7) is 5.18. The first-order valence-corrected chi connectivity index (χ1v) is 10.4. The van der Waals surface area contributed by atoms with Gasteiger partial charge in [0.2, 0.25) is 0 Å². The summed E-state index contributed by atoms with van der Waals surface area (Å²) in [7, 11) is 1.70. The lowest BCUT2D eigenvalue weighted by atomic mass is 9.91. The van der Waals surface area contributed by atoms with Crippen LogP contribution in [-0.2, 0) is 7.05 Å². The van der Waals surface area contributed by atoms with Crippen molar-refractivity contribution < 1.29 is 13.5 Å². The summed E-state index contributed by atoms with van der Waals surface area (Å²) >= 11 is 0. The largest absolute Gasteiger partial charge is 0.435 e. The van der Waals surface area contributed by atoms with E-state index >= 15 is 0 Å². The molecule has 0 aliphatic rings. The van der Waals surface area contributed by atoms with E-state index in [9.17, 15) is 13.6 Å². The molecule has 30 heavy (non-hydrogen) atoms. The molecule has 0 amide bonds. The van der Waals surface area contributed by atoms with Crippen molar-refractivity contribution in [3.8, 4) is 17.1 Å². The van der Waals surface area contributed by atoms with Crippen LogP contribution in [0.1, 0.15) is 62.3 Å². The van der Waals surface area contributed by atoms with E-state index in [0.29, 0.717) is 28.4 Å². The molecule has 7 heteroatoms. The summed E-state index contributed by atoms with van der Waals surface area (Å²) in [5.74, 6) is 0.900. The molecule has 0 N–H and O–H groups in total. The number of hydrogen-bond acceptors (Lipinski definition) is 3. The first-order chi connectivity index (χ1) is 14.3. The first-order valence-electron chi connectivity index (χ1n) is 10.4. The van der Waals surface area contributed by atoms with Gasteiger partial charge in [0.1, 0.15) is 11.3 Å². The Morgan fingerprint density at radius 3 is 2.33 bits per heavy atom. The molecule has 1 aromatic carbocycles. The van der Waals surface area contributed by atoms with Crippen LogP contribution >= 0.6 is 0 Å². The van der Waals surface area contributed by atoms with Gasteiger partial charge in [-0.1, -0.05) is 26.7 Å². The van der Waals surface area contributed by atoms with Crippen molar-refractivity contribution in [2.75, 3.05) is 0 Å². The molecular formula is C23H29F2N3O2. The Labute approximate surface area is 175 Å². The fraction of sp³-hybridized carbons (Fsp3) is 0.478. The second kappa shape index (κ2) is 8.98. The minimum atomic E-state index is -2.88. The highest BCUT2D eigenvalue weighted by Crippen LogP contribution is 2.31. The van der Waals surface area contributed by atoms with Crippen molar-refractivity contribution in [3.63, 3.8) is 0 Å². The quantitative estimate of drug-likeness (QED) is 0.479. The third-order valence-corrected chi connectivity index (χ3v) is 5.58. The maximum absolute atomic E-state index is 13.4. The molecule has 5 nitrogen and oxygen atoms in total. The first kappa shape index (κ1) is 22.0. The van der Waals surface area contributed by atoms with Crippen LogP contribution in [0, 0.1) is 13.8 Å². The molecule has 0 radical (unpaired) electrons. The zero-order valence-electron chi connectivity index (χ0n) is 18.2. The van der Waals surface area contributed by atoms with Crippen LogP contribution in [0.25, 0.3) is 16.9 Å². The summed E-state index contributed by atoms with van der Waals surface area (Å²) in [4.78, 5) is 13.4. The highest BCUT2D eigenvalue weighted by Gasteiger charge is 2.22. The molecule has 0 spiro atoms. The summed E-state index contributed by atoms with van der Waals surface area (Å²) in [5, 5.41) is 4.77. The summed E-state index contributed by atoms with van der Waals surface area (Å²) < 4.78 is 32.8. The zero-order chi connectivity index (χ0) is 22.0. The molecule has 0 aliphatic heterocycles. The molecule has 0 saturated carbocycles. The van der Waals surface area contributed by atoms with Crippen LogP contribution in [0.4, 0.5) is 8.78 Å². The van der Waals surface area contributed by atoms with E-state index in [1.54, 1.807) is 29.1 Å². The van der Waals surface area contributed by atoms with E-state index in [1.165, 1.54) is 12.1 Å². The smallest absolute Gasteiger partial charge is 0.387 e. The number of hydrogen-bond donors (Lipinski definition) is 0. The zero-order valence-corrected chi connectivity index (χ0v) is 18.2. The number of alkyl halides is 2. The Bertz CT molecular complexity index is 1100. The minimum absolute atomic E-state index is 0.0822. The van der Waals surface area contributed by atoms with Crippen molar-refractivity contribution in [2.45, 2.75) is 65.9 Å².